The van der Waals surface area contributed by atoms with Crippen LogP contribution in [0.2, 0.25) is 0 Å². The van der Waals surface area contributed by atoms with Gasteiger partial charge in [-0.1, -0.05) is 6.07 Å². The van der Waals surface area contributed by atoms with Crippen molar-refractivity contribution in [2.24, 2.45) is 5.10 Å². The summed E-state index contributed by atoms with van der Waals surface area (Å²) in [7, 11) is 0. The zero-order valence-corrected chi connectivity index (χ0v) is 20.3. The number of halogens is 1. The average molecular weight is 513 g/mol. The van der Waals surface area contributed by atoms with E-state index in [9.17, 15) is 9.50 Å². The van der Waals surface area contributed by atoms with E-state index in [0.29, 0.717) is 37.8 Å². The number of aromatic hydroxyl groups is 1. The highest BCUT2D eigenvalue weighted by molar-refractivity contribution is 5.83. The Balaban J connectivity index is 1.15. The molecule has 192 valence electrons. The standard InChI is InChI=1S/C28H25FN6O3/c29-26-19-30-28(33-27(26)35-13-15-37-16-14-35)34-31-18-20-3-1-4-21(8-7-20)32-22-9-11-24(12-10-22)38-25-6-2-5-23(36)17-25/h1-2,4-12,17-19,32,36H,13-16H2,(H,30,33,34)/b31-18+. The first-order chi connectivity index (χ1) is 18.6. The fourth-order valence-electron chi connectivity index (χ4n) is 3.70. The highest BCUT2D eigenvalue weighted by Crippen LogP contribution is 2.26. The van der Waals surface area contributed by atoms with Crippen LogP contribution in [-0.2, 0) is 4.74 Å². The average Bonchev–Trinajstić information content (AvgIpc) is 3.16. The zero-order chi connectivity index (χ0) is 26.2. The minimum absolute atomic E-state index is 0.149. The largest absolute Gasteiger partial charge is 0.508 e. The molecule has 0 bridgehead atoms. The Bertz CT molecular complexity index is 1440. The van der Waals surface area contributed by atoms with Gasteiger partial charge in [-0.15, -0.1) is 5.73 Å². The number of ether oxygens (including phenoxy) is 2. The zero-order valence-electron chi connectivity index (χ0n) is 20.3. The fourth-order valence-corrected chi connectivity index (χ4v) is 3.70. The number of morpholine rings is 1. The first-order valence-electron chi connectivity index (χ1n) is 12.0. The van der Waals surface area contributed by atoms with Gasteiger partial charge in [-0.3, -0.25) is 0 Å². The van der Waals surface area contributed by atoms with E-state index in [2.05, 4.69) is 31.5 Å². The molecular weight excluding hydrogens is 487 g/mol. The number of phenols is 1. The maximum absolute atomic E-state index is 14.2. The Morgan fingerprint density at radius 1 is 1.11 bits per heavy atom. The van der Waals surface area contributed by atoms with Gasteiger partial charge in [-0.25, -0.2) is 14.8 Å². The van der Waals surface area contributed by atoms with Gasteiger partial charge in [0.1, 0.15) is 17.2 Å². The summed E-state index contributed by atoms with van der Waals surface area (Å²) in [5.74, 6) is 1.31. The first kappa shape index (κ1) is 24.8. The van der Waals surface area contributed by atoms with Crippen LogP contribution in [0.15, 0.2) is 101 Å². The predicted octanol–water partition coefficient (Wildman–Crippen LogP) is 5.00. The Hall–Kier alpha value is -4.92. The molecule has 2 heterocycles. The van der Waals surface area contributed by atoms with Crippen LogP contribution in [0.3, 0.4) is 0 Å². The van der Waals surface area contributed by atoms with Crippen LogP contribution in [0.5, 0.6) is 17.2 Å². The van der Waals surface area contributed by atoms with Gasteiger partial charge >= 0.3 is 0 Å². The third-order valence-electron chi connectivity index (χ3n) is 5.56. The van der Waals surface area contributed by atoms with E-state index in [4.69, 9.17) is 9.47 Å². The van der Waals surface area contributed by atoms with Crippen LogP contribution in [0.4, 0.5) is 21.8 Å². The minimum Gasteiger partial charge on any atom is -0.508 e. The molecule has 1 saturated heterocycles. The minimum atomic E-state index is -0.483. The van der Waals surface area contributed by atoms with E-state index >= 15 is 0 Å². The monoisotopic (exact) mass is 512 g/mol. The molecule has 9 nitrogen and oxygen atoms in total. The number of hydrogen-bond acceptors (Lipinski definition) is 9. The van der Waals surface area contributed by atoms with Gasteiger partial charge in [0.15, 0.2) is 11.6 Å². The van der Waals surface area contributed by atoms with Crippen LogP contribution < -0.4 is 20.4 Å². The fraction of sp³-hybridized carbons (Fsp3) is 0.143. The smallest absolute Gasteiger partial charge is 0.245 e. The molecule has 38 heavy (non-hydrogen) atoms. The number of hydrogen-bond donors (Lipinski definition) is 3. The lowest BCUT2D eigenvalue weighted by atomic mass is 10.2. The molecule has 3 N–H and O–H groups in total. The number of hydrazone groups is 1. The Kier molecular flexibility index (Phi) is 7.74. The number of nitrogens with one attached hydrogen (secondary N) is 2. The summed E-state index contributed by atoms with van der Waals surface area (Å²) >= 11 is 0. The molecule has 10 heteroatoms. The van der Waals surface area contributed by atoms with E-state index in [1.54, 1.807) is 36.6 Å². The molecule has 0 saturated carbocycles. The van der Waals surface area contributed by atoms with Gasteiger partial charge in [0.2, 0.25) is 5.95 Å². The van der Waals surface area contributed by atoms with Crippen molar-refractivity contribution in [3.63, 3.8) is 0 Å². The first-order valence-corrected chi connectivity index (χ1v) is 12.0. The summed E-state index contributed by atoms with van der Waals surface area (Å²) in [6.07, 6.45) is 10.1. The van der Waals surface area contributed by atoms with Crippen molar-refractivity contribution < 1.29 is 19.0 Å². The summed E-state index contributed by atoms with van der Waals surface area (Å²) in [6, 6.07) is 14.1. The topological polar surface area (TPSA) is 104 Å². The Morgan fingerprint density at radius 2 is 1.95 bits per heavy atom. The van der Waals surface area contributed by atoms with Crippen molar-refractivity contribution in [1.82, 2.24) is 9.97 Å². The summed E-state index contributed by atoms with van der Waals surface area (Å²) in [4.78, 5) is 10.0. The summed E-state index contributed by atoms with van der Waals surface area (Å²) < 4.78 is 25.3. The lowest BCUT2D eigenvalue weighted by Gasteiger charge is -2.27. The summed E-state index contributed by atoms with van der Waals surface area (Å²) in [5.41, 5.74) is 8.33. The number of phenolic OH excluding ortho intramolecular Hbond substituents is 1. The number of aromatic nitrogens is 2. The normalized spacial score (nSPS) is 15.1. The SMILES string of the molecule is Oc1cccc(Oc2ccc(NC3=CC=C=C(/C=N/Nc4ncc(F)c(N5CCOCC5)n4)C=C3)cc2)c1. The van der Waals surface area contributed by atoms with Gasteiger partial charge in [0.25, 0.3) is 0 Å². The lowest BCUT2D eigenvalue weighted by Crippen LogP contribution is -2.37. The number of anilines is 3. The van der Waals surface area contributed by atoms with Gasteiger partial charge < -0.3 is 24.8 Å². The molecule has 0 radical (unpaired) electrons. The van der Waals surface area contributed by atoms with E-state index in [-0.39, 0.29) is 17.5 Å². The van der Waals surface area contributed by atoms with E-state index < -0.39 is 5.82 Å². The van der Waals surface area contributed by atoms with E-state index in [1.807, 2.05) is 47.4 Å². The van der Waals surface area contributed by atoms with Crippen LogP contribution in [-0.4, -0.2) is 47.6 Å². The van der Waals surface area contributed by atoms with Crippen molar-refractivity contribution in [1.29, 1.82) is 0 Å². The summed E-state index contributed by atoms with van der Waals surface area (Å²) in [6.45, 7) is 2.20. The molecular formula is C28H25FN6O3. The van der Waals surface area contributed by atoms with Crippen LogP contribution in [0, 0.1) is 5.82 Å². The van der Waals surface area contributed by atoms with Gasteiger partial charge in [-0.05, 0) is 60.7 Å². The van der Waals surface area contributed by atoms with Gasteiger partial charge in [0.05, 0.1) is 25.6 Å². The Labute approximate surface area is 219 Å². The van der Waals surface area contributed by atoms with Crippen molar-refractivity contribution in [3.8, 4) is 17.2 Å². The number of benzene rings is 2. The molecule has 2 aliphatic rings. The molecule has 0 unspecified atom stereocenters. The second-order valence-electron chi connectivity index (χ2n) is 8.31. The quantitative estimate of drug-likeness (QED) is 0.220. The van der Waals surface area contributed by atoms with Gasteiger partial charge in [-0.2, -0.15) is 10.1 Å². The number of allylic oxidation sites excluding steroid dienone is 4. The highest BCUT2D eigenvalue weighted by Gasteiger charge is 2.17. The third kappa shape index (κ3) is 6.64. The Morgan fingerprint density at radius 3 is 2.76 bits per heavy atom. The van der Waals surface area contributed by atoms with Crippen LogP contribution in [0.25, 0.3) is 0 Å². The van der Waals surface area contributed by atoms with Crippen LogP contribution in [0.1, 0.15) is 0 Å². The molecule has 1 aromatic heterocycles. The van der Waals surface area contributed by atoms with E-state index in [1.165, 1.54) is 0 Å². The molecule has 0 spiro atoms. The maximum Gasteiger partial charge on any atom is 0.245 e. The second kappa shape index (κ2) is 11.9. The molecule has 5 rings (SSSR count). The summed E-state index contributed by atoms with van der Waals surface area (Å²) in [5, 5.41) is 17.1. The predicted molar refractivity (Wildman–Crippen MR) is 144 cm³/mol. The maximum atomic E-state index is 14.2. The van der Waals surface area contributed by atoms with Crippen LogP contribution >= 0.6 is 0 Å². The molecule has 1 aliphatic heterocycles. The van der Waals surface area contributed by atoms with E-state index in [0.717, 1.165) is 23.2 Å². The number of nitrogens with zero attached hydrogens (tertiary/aromatic N) is 4. The molecule has 0 atom stereocenters. The number of rotatable bonds is 8. The van der Waals surface area contributed by atoms with Crippen molar-refractivity contribution >= 4 is 23.7 Å². The van der Waals surface area contributed by atoms with Gasteiger partial charge in [0, 0.05) is 36.1 Å². The highest BCUT2D eigenvalue weighted by atomic mass is 19.1. The molecule has 2 aromatic carbocycles. The third-order valence-corrected chi connectivity index (χ3v) is 5.56. The van der Waals surface area contributed by atoms with Crippen molar-refractivity contribution in [2.45, 2.75) is 0 Å². The van der Waals surface area contributed by atoms with Crippen molar-refractivity contribution in [3.05, 3.63) is 102 Å². The molecule has 3 aromatic rings. The van der Waals surface area contributed by atoms with Crippen molar-refractivity contribution in [2.75, 3.05) is 41.9 Å². The molecule has 0 amide bonds. The second-order valence-corrected chi connectivity index (χ2v) is 8.31. The molecule has 1 aliphatic carbocycles. The lowest BCUT2D eigenvalue weighted by molar-refractivity contribution is 0.122. The molecule has 1 fully saturated rings.